The second-order valence-electron chi connectivity index (χ2n) is 8.19. The minimum atomic E-state index is -1.62. The van der Waals surface area contributed by atoms with Crippen molar-refractivity contribution in [3.63, 3.8) is 0 Å². The van der Waals surface area contributed by atoms with E-state index in [0.29, 0.717) is 0 Å². The van der Waals surface area contributed by atoms with Gasteiger partial charge in [0.2, 0.25) is 0 Å². The van der Waals surface area contributed by atoms with Crippen LogP contribution in [0.3, 0.4) is 0 Å². The largest absolute Gasteiger partial charge is 0.412 e. The average Bonchev–Trinajstić information content (AvgIpc) is 1.92. The average molecular weight is 273 g/mol. The van der Waals surface area contributed by atoms with Gasteiger partial charge in [-0.05, 0) is 56.7 Å². The topological polar surface area (TPSA) is 9.23 Å². The van der Waals surface area contributed by atoms with Gasteiger partial charge in [-0.1, -0.05) is 41.5 Å². The van der Waals surface area contributed by atoms with Crippen LogP contribution in [0.4, 0.5) is 0 Å². The lowest BCUT2D eigenvalue weighted by atomic mass is 10.2. The summed E-state index contributed by atoms with van der Waals surface area (Å²) in [7, 11) is -1.62. The zero-order chi connectivity index (χ0) is 14.6. The van der Waals surface area contributed by atoms with Crippen molar-refractivity contribution < 1.29 is 4.43 Å². The summed E-state index contributed by atoms with van der Waals surface area (Å²) in [6.07, 6.45) is 0. The van der Waals surface area contributed by atoms with Gasteiger partial charge in [0.15, 0.2) is 8.32 Å². The first-order valence-electron chi connectivity index (χ1n) is 7.66. The highest BCUT2D eigenvalue weighted by Crippen LogP contribution is 2.36. The molecule has 0 bridgehead atoms. The predicted molar refractivity (Wildman–Crippen MR) is 85.5 cm³/mol. The third-order valence-corrected chi connectivity index (χ3v) is 8.59. The van der Waals surface area contributed by atoms with Crippen molar-refractivity contribution in [2.24, 2.45) is 17.8 Å². The summed E-state index contributed by atoms with van der Waals surface area (Å²) < 4.78 is 6.70. The zero-order valence-electron chi connectivity index (χ0n) is 14.3. The quantitative estimate of drug-likeness (QED) is 0.539. The lowest BCUT2D eigenvalue weighted by Gasteiger charge is -2.41. The SMILES string of the molecule is CC(C)C[Si](CC(C)C)(CC(C)C)OC(C)(C)C. The van der Waals surface area contributed by atoms with Crippen molar-refractivity contribution in [2.45, 2.75) is 86.0 Å². The van der Waals surface area contributed by atoms with Crippen molar-refractivity contribution >= 4 is 8.32 Å². The molecule has 0 rings (SSSR count). The maximum Gasteiger partial charge on any atom is 0.194 e. The normalized spacial score (nSPS) is 14.0. The lowest BCUT2D eigenvalue weighted by Crippen LogP contribution is -2.47. The molecule has 0 aliphatic carbocycles. The first-order chi connectivity index (χ1) is 7.96. The van der Waals surface area contributed by atoms with Gasteiger partial charge < -0.3 is 4.43 Å². The van der Waals surface area contributed by atoms with Gasteiger partial charge in [0.1, 0.15) is 0 Å². The van der Waals surface area contributed by atoms with E-state index in [1.54, 1.807) is 0 Å². The van der Waals surface area contributed by atoms with Gasteiger partial charge in [0.25, 0.3) is 0 Å². The van der Waals surface area contributed by atoms with Gasteiger partial charge in [-0.3, -0.25) is 0 Å². The highest BCUT2D eigenvalue weighted by molar-refractivity contribution is 6.74. The molecule has 0 fully saturated rings. The summed E-state index contributed by atoms with van der Waals surface area (Å²) in [6.45, 7) is 20.7. The maximum absolute atomic E-state index is 6.70. The standard InChI is InChI=1S/C16H36OSi/c1-13(2)10-18(11-14(3)4,12-15(5)6)17-16(7,8)9/h13-15H,10-12H2,1-9H3. The predicted octanol–water partition coefficient (Wildman–Crippen LogP) is 5.72. The molecule has 0 saturated heterocycles. The molecule has 0 aliphatic rings. The molecule has 1 nitrogen and oxygen atoms in total. The molecule has 0 saturated carbocycles. The van der Waals surface area contributed by atoms with Crippen LogP contribution >= 0.6 is 0 Å². The Kier molecular flexibility index (Phi) is 7.16. The Morgan fingerprint density at radius 1 is 0.722 bits per heavy atom. The fraction of sp³-hybridized carbons (Fsp3) is 1.00. The monoisotopic (exact) mass is 272 g/mol. The molecular weight excluding hydrogens is 236 g/mol. The summed E-state index contributed by atoms with van der Waals surface area (Å²) in [6, 6.07) is 3.92. The van der Waals surface area contributed by atoms with Gasteiger partial charge in [0, 0.05) is 5.60 Å². The molecular formula is C16H36OSi. The second kappa shape index (κ2) is 7.09. The number of hydrogen-bond acceptors (Lipinski definition) is 1. The molecule has 0 aromatic rings. The van der Waals surface area contributed by atoms with E-state index in [2.05, 4.69) is 62.3 Å². The van der Waals surface area contributed by atoms with E-state index in [4.69, 9.17) is 4.43 Å². The Labute approximate surface area is 117 Å². The molecule has 0 atom stereocenters. The molecule has 0 radical (unpaired) electrons. The minimum absolute atomic E-state index is 0.00485. The van der Waals surface area contributed by atoms with Gasteiger partial charge in [-0.15, -0.1) is 0 Å². The molecule has 0 unspecified atom stereocenters. The molecule has 0 spiro atoms. The molecule has 0 aromatic heterocycles. The van der Waals surface area contributed by atoms with Crippen LogP contribution in [0.25, 0.3) is 0 Å². The second-order valence-corrected chi connectivity index (χ2v) is 12.0. The van der Waals surface area contributed by atoms with Crippen molar-refractivity contribution in [2.75, 3.05) is 0 Å². The molecule has 18 heavy (non-hydrogen) atoms. The first kappa shape index (κ1) is 18.2. The van der Waals surface area contributed by atoms with E-state index in [9.17, 15) is 0 Å². The van der Waals surface area contributed by atoms with Crippen molar-refractivity contribution in [1.29, 1.82) is 0 Å². The van der Waals surface area contributed by atoms with E-state index in [0.717, 1.165) is 17.8 Å². The Bertz CT molecular complexity index is 199. The molecule has 0 aliphatic heterocycles. The summed E-state index contributed by atoms with van der Waals surface area (Å²) in [5, 5.41) is 0. The molecule has 2 heteroatoms. The van der Waals surface area contributed by atoms with Crippen molar-refractivity contribution in [3.05, 3.63) is 0 Å². The van der Waals surface area contributed by atoms with Crippen LogP contribution in [0.1, 0.15) is 62.3 Å². The van der Waals surface area contributed by atoms with E-state index in [-0.39, 0.29) is 5.60 Å². The van der Waals surface area contributed by atoms with Crippen LogP contribution in [-0.2, 0) is 4.43 Å². The highest BCUT2D eigenvalue weighted by Gasteiger charge is 2.40. The fourth-order valence-corrected chi connectivity index (χ4v) is 9.77. The lowest BCUT2D eigenvalue weighted by molar-refractivity contribution is 0.111. The van der Waals surface area contributed by atoms with Gasteiger partial charge in [0.05, 0.1) is 0 Å². The van der Waals surface area contributed by atoms with Crippen LogP contribution < -0.4 is 0 Å². The summed E-state index contributed by atoms with van der Waals surface area (Å²) in [5.41, 5.74) is 0.00485. The smallest absolute Gasteiger partial charge is 0.194 e. The highest BCUT2D eigenvalue weighted by atomic mass is 28.4. The van der Waals surface area contributed by atoms with Gasteiger partial charge >= 0.3 is 0 Å². The molecule has 0 N–H and O–H groups in total. The zero-order valence-corrected chi connectivity index (χ0v) is 15.3. The maximum atomic E-state index is 6.70. The third-order valence-electron chi connectivity index (χ3n) is 2.86. The van der Waals surface area contributed by atoms with Crippen LogP contribution in [0.15, 0.2) is 0 Å². The minimum Gasteiger partial charge on any atom is -0.412 e. The molecule has 0 heterocycles. The van der Waals surface area contributed by atoms with Crippen molar-refractivity contribution in [3.8, 4) is 0 Å². The summed E-state index contributed by atoms with van der Waals surface area (Å²) in [4.78, 5) is 0. The summed E-state index contributed by atoms with van der Waals surface area (Å²) >= 11 is 0. The Hall–Kier alpha value is 0.177. The van der Waals surface area contributed by atoms with E-state index in [1.807, 2.05) is 0 Å². The molecule has 0 aromatic carbocycles. The van der Waals surface area contributed by atoms with Crippen LogP contribution in [0.5, 0.6) is 0 Å². The molecule has 110 valence electrons. The molecule has 0 amide bonds. The summed E-state index contributed by atoms with van der Waals surface area (Å²) in [5.74, 6) is 2.24. The first-order valence-corrected chi connectivity index (χ1v) is 10.2. The van der Waals surface area contributed by atoms with Crippen molar-refractivity contribution in [1.82, 2.24) is 0 Å². The van der Waals surface area contributed by atoms with E-state index in [1.165, 1.54) is 18.1 Å². The Morgan fingerprint density at radius 3 is 1.17 bits per heavy atom. The van der Waals surface area contributed by atoms with Crippen LogP contribution in [0, 0.1) is 17.8 Å². The van der Waals surface area contributed by atoms with Gasteiger partial charge in [-0.25, -0.2) is 0 Å². The van der Waals surface area contributed by atoms with E-state index >= 15 is 0 Å². The third kappa shape index (κ3) is 8.31. The Morgan fingerprint density at radius 2 is 1.00 bits per heavy atom. The van der Waals surface area contributed by atoms with Crippen LogP contribution in [0.2, 0.25) is 18.1 Å². The van der Waals surface area contributed by atoms with E-state index < -0.39 is 8.32 Å². The van der Waals surface area contributed by atoms with Crippen LogP contribution in [-0.4, -0.2) is 13.9 Å². The number of rotatable bonds is 7. The number of hydrogen-bond donors (Lipinski definition) is 0. The van der Waals surface area contributed by atoms with Gasteiger partial charge in [-0.2, -0.15) is 0 Å². The Balaban J connectivity index is 5.10. The fourth-order valence-electron chi connectivity index (χ4n) is 3.26.